The molecule has 1 fully saturated rings. The third kappa shape index (κ3) is 9.03. The van der Waals surface area contributed by atoms with Gasteiger partial charge in [0.05, 0.1) is 30.3 Å². The molecular formula is C43H62O10. The van der Waals surface area contributed by atoms with Crippen LogP contribution in [0.25, 0.3) is 0 Å². The highest BCUT2D eigenvalue weighted by atomic mass is 16.6. The van der Waals surface area contributed by atoms with Gasteiger partial charge in [0.2, 0.25) is 0 Å². The van der Waals surface area contributed by atoms with Crippen molar-refractivity contribution in [1.82, 2.24) is 0 Å². The first-order chi connectivity index (χ1) is 24.6. The fraction of sp³-hybridized carbons (Fsp3) is 0.698. The average Bonchev–Trinajstić information content (AvgIpc) is 3.06. The van der Waals surface area contributed by atoms with Crippen LogP contribution in [0.4, 0.5) is 0 Å². The van der Waals surface area contributed by atoms with E-state index in [4.69, 9.17) is 14.2 Å². The molecule has 1 saturated heterocycles. The number of hydrogen-bond acceptors (Lipinski definition) is 10. The lowest BCUT2D eigenvalue weighted by Crippen LogP contribution is -2.59. The van der Waals surface area contributed by atoms with Crippen molar-refractivity contribution < 1.29 is 48.4 Å². The molecule has 4 rings (SSSR count). The van der Waals surface area contributed by atoms with Gasteiger partial charge < -0.3 is 24.4 Å². The van der Waals surface area contributed by atoms with Gasteiger partial charge >= 0.3 is 11.9 Å². The number of ketones is 3. The van der Waals surface area contributed by atoms with E-state index in [-0.39, 0.29) is 49.0 Å². The lowest BCUT2D eigenvalue weighted by molar-refractivity contribution is -0.239. The zero-order chi connectivity index (χ0) is 39.6. The van der Waals surface area contributed by atoms with E-state index in [9.17, 15) is 34.2 Å². The van der Waals surface area contributed by atoms with E-state index in [1.807, 2.05) is 46.8 Å². The Kier molecular flexibility index (Phi) is 13.4. The SMILES string of the molecule is COC(=O)[C@]12CC(=O)[C@@H](C(C)C)CC(=O)/C(C)=C/CC/C(C)=C\C(=O)[C@H]1CC(C)=C1C[C@H](OC(C)=O)[C@@](C)(O)[C@H]3CC[C@@](C)(O)[C@H](CC/C(C)=C/[C@@H]12)O3. The number of allylic oxidation sites excluding steroid dienone is 7. The lowest BCUT2D eigenvalue weighted by Gasteiger charge is -2.50. The van der Waals surface area contributed by atoms with Crippen LogP contribution in [0.3, 0.4) is 0 Å². The molecule has 2 bridgehead atoms. The molecule has 4 aliphatic rings. The Hall–Kier alpha value is -3.21. The lowest BCUT2D eigenvalue weighted by atomic mass is 9.53. The maximum Gasteiger partial charge on any atom is 0.313 e. The normalized spacial score (nSPS) is 39.7. The molecule has 2 heterocycles. The fourth-order valence-corrected chi connectivity index (χ4v) is 9.14. The van der Waals surface area contributed by atoms with E-state index in [0.29, 0.717) is 49.7 Å². The summed E-state index contributed by atoms with van der Waals surface area (Å²) in [6.45, 7) is 15.7. The molecule has 0 saturated carbocycles. The molecule has 294 valence electrons. The summed E-state index contributed by atoms with van der Waals surface area (Å²) < 4.78 is 17.9. The standard InChI is InChI=1S/C43H62O10/c1-24(2)30-21-34(45)27(5)13-11-12-25(3)19-35(46)33-20-28(6)31-22-39(52-29(7)44)42(9,50)38-16-17-41(8,49)37(53-38)15-14-26(4)18-32(31)43(33,23-36(30)47)40(48)51-10/h13,18-19,24,30,32-33,37-39,49-50H,11-12,14-17,20-23H2,1-10H3/b25-19-,26-18+,27-13+/t30-,32+,33-,37+,38-,39+,41-,42+,43+/m1/s1. The Morgan fingerprint density at radius 3 is 2.25 bits per heavy atom. The molecule has 2 aliphatic carbocycles. The quantitative estimate of drug-likeness (QED) is 0.238. The van der Waals surface area contributed by atoms with Gasteiger partial charge in [-0.3, -0.25) is 24.0 Å². The van der Waals surface area contributed by atoms with Crippen LogP contribution in [0.2, 0.25) is 0 Å². The minimum Gasteiger partial charge on any atom is -0.469 e. The van der Waals surface area contributed by atoms with E-state index in [1.165, 1.54) is 14.0 Å². The van der Waals surface area contributed by atoms with Gasteiger partial charge in [0, 0.05) is 43.9 Å². The Morgan fingerprint density at radius 1 is 0.943 bits per heavy atom. The summed E-state index contributed by atoms with van der Waals surface area (Å²) in [6, 6.07) is 0. The summed E-state index contributed by atoms with van der Waals surface area (Å²) in [5.74, 6) is -4.86. The molecule has 2 N–H and O–H groups in total. The van der Waals surface area contributed by atoms with Crippen LogP contribution in [-0.2, 0) is 38.2 Å². The van der Waals surface area contributed by atoms with Crippen LogP contribution in [0, 0.1) is 29.1 Å². The first-order valence-electron chi connectivity index (χ1n) is 19.3. The monoisotopic (exact) mass is 738 g/mol. The number of aliphatic hydroxyl groups is 2. The van der Waals surface area contributed by atoms with Crippen molar-refractivity contribution in [3.8, 4) is 0 Å². The Labute approximate surface area is 315 Å². The minimum absolute atomic E-state index is 0.00736. The number of esters is 2. The summed E-state index contributed by atoms with van der Waals surface area (Å²) in [5.41, 5.74) is -0.945. The molecule has 53 heavy (non-hydrogen) atoms. The van der Waals surface area contributed by atoms with Gasteiger partial charge in [-0.05, 0) is 104 Å². The van der Waals surface area contributed by atoms with Crippen LogP contribution in [0.15, 0.2) is 46.1 Å². The van der Waals surface area contributed by atoms with Crippen molar-refractivity contribution in [3.63, 3.8) is 0 Å². The molecule has 0 aromatic rings. The molecule has 0 aromatic carbocycles. The largest absolute Gasteiger partial charge is 0.469 e. The van der Waals surface area contributed by atoms with Gasteiger partial charge in [-0.1, -0.05) is 48.3 Å². The molecule has 10 heteroatoms. The second-order valence-corrected chi connectivity index (χ2v) is 17.1. The molecule has 0 unspecified atom stereocenters. The smallest absolute Gasteiger partial charge is 0.313 e. The summed E-state index contributed by atoms with van der Waals surface area (Å²) in [7, 11) is 1.26. The average molecular weight is 739 g/mol. The molecule has 9 atom stereocenters. The zero-order valence-electron chi connectivity index (χ0n) is 33.5. The van der Waals surface area contributed by atoms with Crippen molar-refractivity contribution in [1.29, 1.82) is 0 Å². The third-order valence-electron chi connectivity index (χ3n) is 12.6. The highest BCUT2D eigenvalue weighted by Gasteiger charge is 2.60. The maximum atomic E-state index is 14.8. The molecule has 0 amide bonds. The number of hydrogen-bond donors (Lipinski definition) is 2. The molecular weight excluding hydrogens is 676 g/mol. The Bertz CT molecular complexity index is 1590. The number of ether oxygens (including phenoxy) is 3. The maximum absolute atomic E-state index is 14.8. The van der Waals surface area contributed by atoms with Gasteiger partial charge in [0.15, 0.2) is 11.6 Å². The summed E-state index contributed by atoms with van der Waals surface area (Å²) in [5, 5.41) is 23.6. The molecule has 0 spiro atoms. The highest BCUT2D eigenvalue weighted by molar-refractivity contribution is 6.02. The Morgan fingerprint density at radius 2 is 1.62 bits per heavy atom. The molecule has 0 aromatic heterocycles. The minimum atomic E-state index is -1.73. The van der Waals surface area contributed by atoms with Gasteiger partial charge in [-0.2, -0.15) is 0 Å². The third-order valence-corrected chi connectivity index (χ3v) is 12.6. The molecule has 2 aliphatic heterocycles. The number of Topliss-reactive ketones (excluding diaryl/α,β-unsaturated/α-hetero) is 2. The van der Waals surface area contributed by atoms with Crippen molar-refractivity contribution in [3.05, 3.63) is 46.1 Å². The summed E-state index contributed by atoms with van der Waals surface area (Å²) in [4.78, 5) is 70.3. The van der Waals surface area contributed by atoms with E-state index in [1.54, 1.807) is 26.8 Å². The summed E-state index contributed by atoms with van der Waals surface area (Å²) in [6.07, 6.45) is 5.18. The van der Waals surface area contributed by atoms with Gasteiger partial charge in [-0.25, -0.2) is 0 Å². The van der Waals surface area contributed by atoms with E-state index in [0.717, 1.165) is 16.7 Å². The zero-order valence-corrected chi connectivity index (χ0v) is 33.5. The topological polar surface area (TPSA) is 154 Å². The van der Waals surface area contributed by atoms with Crippen LogP contribution in [0.5, 0.6) is 0 Å². The van der Waals surface area contributed by atoms with Crippen LogP contribution < -0.4 is 0 Å². The van der Waals surface area contributed by atoms with Gasteiger partial charge in [0.1, 0.15) is 17.5 Å². The number of methoxy groups -OCH3 is 1. The number of rotatable bonds is 3. The summed E-state index contributed by atoms with van der Waals surface area (Å²) >= 11 is 0. The van der Waals surface area contributed by atoms with E-state index in [2.05, 4.69) is 0 Å². The second kappa shape index (κ2) is 16.7. The van der Waals surface area contributed by atoms with Crippen LogP contribution in [0.1, 0.15) is 127 Å². The van der Waals surface area contributed by atoms with Gasteiger partial charge in [0.25, 0.3) is 0 Å². The van der Waals surface area contributed by atoms with E-state index >= 15 is 0 Å². The molecule has 10 nitrogen and oxygen atoms in total. The first-order valence-corrected chi connectivity index (χ1v) is 19.3. The number of fused-ring (bicyclic) bond motifs is 5. The first kappa shape index (κ1) is 42.5. The predicted molar refractivity (Wildman–Crippen MR) is 200 cm³/mol. The van der Waals surface area contributed by atoms with Crippen molar-refractivity contribution in [2.75, 3.05) is 7.11 Å². The van der Waals surface area contributed by atoms with Crippen LogP contribution >= 0.6 is 0 Å². The predicted octanol–water partition coefficient (Wildman–Crippen LogP) is 6.66. The van der Waals surface area contributed by atoms with Crippen molar-refractivity contribution in [2.24, 2.45) is 29.1 Å². The highest BCUT2D eigenvalue weighted by Crippen LogP contribution is 2.56. The van der Waals surface area contributed by atoms with Crippen LogP contribution in [-0.4, -0.2) is 76.1 Å². The Balaban J connectivity index is 2.05. The van der Waals surface area contributed by atoms with Gasteiger partial charge in [-0.15, -0.1) is 0 Å². The van der Waals surface area contributed by atoms with E-state index < -0.39 is 64.6 Å². The number of carbonyl (C=O) groups excluding carboxylic acids is 5. The molecule has 0 radical (unpaired) electrons. The van der Waals surface area contributed by atoms with Crippen molar-refractivity contribution in [2.45, 2.75) is 156 Å². The second-order valence-electron chi connectivity index (χ2n) is 17.1. The fourth-order valence-electron chi connectivity index (χ4n) is 9.14. The number of carbonyl (C=O) groups is 5. The van der Waals surface area contributed by atoms with Crippen molar-refractivity contribution >= 4 is 29.3 Å².